The third kappa shape index (κ3) is 4.94. The molecular weight excluding hydrogens is 324 g/mol. The van der Waals surface area contributed by atoms with Crippen LogP contribution in [0.15, 0.2) is 48.8 Å². The molecule has 1 fully saturated rings. The number of likely N-dealkylation sites (tertiary alicyclic amines) is 1. The van der Waals surface area contributed by atoms with Gasteiger partial charge in [-0.25, -0.2) is 0 Å². The number of rotatable bonds is 4. The number of nitrogens with two attached hydrogens (primary N) is 1. The number of nitrogens with one attached hydrogen (secondary N) is 1. The van der Waals surface area contributed by atoms with Crippen molar-refractivity contribution in [1.29, 1.82) is 0 Å². The van der Waals surface area contributed by atoms with E-state index in [0.29, 0.717) is 11.3 Å². The first kappa shape index (κ1) is 18.2. The number of nitrogen functional groups attached to an aromatic ring is 1. The highest BCUT2D eigenvalue weighted by Gasteiger charge is 2.21. The minimum Gasteiger partial charge on any atom is -0.399 e. The number of benzene rings is 1. The van der Waals surface area contributed by atoms with E-state index in [1.54, 1.807) is 24.3 Å². The fourth-order valence-corrected chi connectivity index (χ4v) is 2.89. The fourth-order valence-electron chi connectivity index (χ4n) is 2.89. The summed E-state index contributed by atoms with van der Waals surface area (Å²) in [5.74, 6) is -0.0161. The number of amides is 1. The second-order valence-electron chi connectivity index (χ2n) is 6.00. The number of piperidine rings is 1. The van der Waals surface area contributed by atoms with Crippen molar-refractivity contribution in [2.45, 2.75) is 25.4 Å². The van der Waals surface area contributed by atoms with Crippen LogP contribution in [0.5, 0.6) is 0 Å². The Hall–Kier alpha value is -2.11. The second kappa shape index (κ2) is 8.66. The van der Waals surface area contributed by atoms with Crippen LogP contribution in [0.3, 0.4) is 0 Å². The monoisotopic (exact) mass is 346 g/mol. The molecule has 1 amide bonds. The zero-order chi connectivity index (χ0) is 16.1. The molecule has 0 atom stereocenters. The molecule has 128 valence electrons. The summed E-state index contributed by atoms with van der Waals surface area (Å²) in [6.07, 6.45) is 5.61. The molecule has 0 bridgehead atoms. The van der Waals surface area contributed by atoms with Crippen molar-refractivity contribution >= 4 is 24.0 Å². The largest absolute Gasteiger partial charge is 0.399 e. The molecule has 0 saturated carbocycles. The molecule has 2 heterocycles. The van der Waals surface area contributed by atoms with Crippen LogP contribution in [-0.4, -0.2) is 34.9 Å². The molecule has 3 N–H and O–H groups in total. The van der Waals surface area contributed by atoms with Crippen LogP contribution in [-0.2, 0) is 6.54 Å². The summed E-state index contributed by atoms with van der Waals surface area (Å²) in [6, 6.07) is 11.4. The maximum atomic E-state index is 12.2. The summed E-state index contributed by atoms with van der Waals surface area (Å²) in [5.41, 5.74) is 8.27. The number of nitrogens with zero attached hydrogens (tertiary/aromatic N) is 2. The van der Waals surface area contributed by atoms with Gasteiger partial charge in [0.05, 0.1) is 0 Å². The van der Waals surface area contributed by atoms with E-state index in [2.05, 4.69) is 27.3 Å². The predicted octanol–water partition coefficient (Wildman–Crippen LogP) is 2.48. The SMILES string of the molecule is Cl.Nc1ccc(C(=O)NC2CCN(Cc3ccncc3)CC2)cc1. The van der Waals surface area contributed by atoms with Crippen molar-refractivity contribution in [2.75, 3.05) is 18.8 Å². The average molecular weight is 347 g/mol. The molecule has 1 aliphatic rings. The molecule has 0 radical (unpaired) electrons. The van der Waals surface area contributed by atoms with E-state index in [-0.39, 0.29) is 24.4 Å². The van der Waals surface area contributed by atoms with Gasteiger partial charge in [-0.3, -0.25) is 14.7 Å². The number of hydrogen-bond donors (Lipinski definition) is 2. The van der Waals surface area contributed by atoms with Crippen molar-refractivity contribution in [1.82, 2.24) is 15.2 Å². The van der Waals surface area contributed by atoms with E-state index in [4.69, 9.17) is 5.73 Å². The molecule has 2 aromatic rings. The summed E-state index contributed by atoms with van der Waals surface area (Å²) in [6.45, 7) is 2.94. The van der Waals surface area contributed by atoms with Gasteiger partial charge < -0.3 is 11.1 Å². The summed E-state index contributed by atoms with van der Waals surface area (Å²) in [4.78, 5) is 18.7. The molecule has 1 aliphatic heterocycles. The van der Waals surface area contributed by atoms with Crippen molar-refractivity contribution in [3.63, 3.8) is 0 Å². The maximum absolute atomic E-state index is 12.2. The molecule has 0 aliphatic carbocycles. The summed E-state index contributed by atoms with van der Waals surface area (Å²) < 4.78 is 0. The maximum Gasteiger partial charge on any atom is 0.251 e. The van der Waals surface area contributed by atoms with Crippen molar-refractivity contribution in [3.8, 4) is 0 Å². The first-order chi connectivity index (χ1) is 11.2. The second-order valence-corrected chi connectivity index (χ2v) is 6.00. The lowest BCUT2D eigenvalue weighted by atomic mass is 10.0. The van der Waals surface area contributed by atoms with Gasteiger partial charge in [-0.1, -0.05) is 0 Å². The van der Waals surface area contributed by atoms with Crippen LogP contribution in [0.4, 0.5) is 5.69 Å². The average Bonchev–Trinajstić information content (AvgIpc) is 2.58. The van der Waals surface area contributed by atoms with Crippen LogP contribution in [0.1, 0.15) is 28.8 Å². The predicted molar refractivity (Wildman–Crippen MR) is 98.1 cm³/mol. The van der Waals surface area contributed by atoms with Crippen LogP contribution < -0.4 is 11.1 Å². The Morgan fingerprint density at radius 2 is 1.75 bits per heavy atom. The summed E-state index contributed by atoms with van der Waals surface area (Å²) >= 11 is 0. The van der Waals surface area contributed by atoms with E-state index < -0.39 is 0 Å². The van der Waals surface area contributed by atoms with Crippen molar-refractivity contribution < 1.29 is 4.79 Å². The zero-order valence-corrected chi connectivity index (χ0v) is 14.3. The van der Waals surface area contributed by atoms with E-state index in [1.165, 1.54) is 5.56 Å². The lowest BCUT2D eigenvalue weighted by Gasteiger charge is -2.32. The van der Waals surface area contributed by atoms with E-state index in [9.17, 15) is 4.79 Å². The first-order valence-corrected chi connectivity index (χ1v) is 7.98. The molecule has 5 nitrogen and oxygen atoms in total. The van der Waals surface area contributed by atoms with E-state index in [0.717, 1.165) is 32.5 Å². The lowest BCUT2D eigenvalue weighted by Crippen LogP contribution is -2.44. The number of anilines is 1. The molecule has 3 rings (SSSR count). The molecule has 24 heavy (non-hydrogen) atoms. The Morgan fingerprint density at radius 3 is 2.38 bits per heavy atom. The standard InChI is InChI=1S/C18H22N4O.ClH/c19-16-3-1-15(2-4-16)18(23)21-17-7-11-22(12-8-17)13-14-5-9-20-10-6-14;/h1-6,9-10,17H,7-8,11-13,19H2,(H,21,23);1H. The van der Waals surface area contributed by atoms with Gasteiger partial charge in [0.2, 0.25) is 0 Å². The number of aromatic nitrogens is 1. The summed E-state index contributed by atoms with van der Waals surface area (Å²) in [5, 5.41) is 3.12. The highest BCUT2D eigenvalue weighted by Crippen LogP contribution is 2.14. The van der Waals surface area contributed by atoms with Crippen molar-refractivity contribution in [2.24, 2.45) is 0 Å². The number of halogens is 1. The van der Waals surface area contributed by atoms with Gasteiger partial charge in [0.15, 0.2) is 0 Å². The quantitative estimate of drug-likeness (QED) is 0.834. The molecular formula is C18H23ClN4O. The van der Waals surface area contributed by atoms with Gasteiger partial charge >= 0.3 is 0 Å². The highest BCUT2D eigenvalue weighted by molar-refractivity contribution is 5.94. The number of hydrogen-bond acceptors (Lipinski definition) is 4. The van der Waals surface area contributed by atoms with E-state index >= 15 is 0 Å². The van der Waals surface area contributed by atoms with Gasteiger partial charge in [0.1, 0.15) is 0 Å². The number of carbonyl (C=O) groups excluding carboxylic acids is 1. The zero-order valence-electron chi connectivity index (χ0n) is 13.5. The van der Waals surface area contributed by atoms with Gasteiger partial charge in [-0.2, -0.15) is 0 Å². The topological polar surface area (TPSA) is 71.2 Å². The molecule has 1 aromatic heterocycles. The Labute approximate surface area is 148 Å². The number of carbonyl (C=O) groups is 1. The molecule has 6 heteroatoms. The van der Waals surface area contributed by atoms with Crippen LogP contribution >= 0.6 is 12.4 Å². The minimum absolute atomic E-state index is 0. The molecule has 0 unspecified atom stereocenters. The van der Waals surface area contributed by atoms with Crippen LogP contribution in [0, 0.1) is 0 Å². The van der Waals surface area contributed by atoms with Crippen molar-refractivity contribution in [3.05, 3.63) is 59.9 Å². The minimum atomic E-state index is -0.0161. The smallest absolute Gasteiger partial charge is 0.251 e. The molecule has 1 aromatic carbocycles. The van der Waals surface area contributed by atoms with Gasteiger partial charge in [-0.15, -0.1) is 12.4 Å². The Balaban J connectivity index is 0.00000208. The first-order valence-electron chi connectivity index (χ1n) is 7.98. The van der Waals surface area contributed by atoms with Gasteiger partial charge in [0.25, 0.3) is 5.91 Å². The van der Waals surface area contributed by atoms with Crippen LogP contribution in [0.25, 0.3) is 0 Å². The third-order valence-corrected chi connectivity index (χ3v) is 4.25. The molecule has 0 spiro atoms. The Kier molecular flexibility index (Phi) is 6.58. The third-order valence-electron chi connectivity index (χ3n) is 4.25. The van der Waals surface area contributed by atoms with Crippen LogP contribution in [0.2, 0.25) is 0 Å². The van der Waals surface area contributed by atoms with Gasteiger partial charge in [0, 0.05) is 49.3 Å². The highest BCUT2D eigenvalue weighted by atomic mass is 35.5. The summed E-state index contributed by atoms with van der Waals surface area (Å²) in [7, 11) is 0. The Bertz CT molecular complexity index is 640. The lowest BCUT2D eigenvalue weighted by molar-refractivity contribution is 0.0909. The Morgan fingerprint density at radius 1 is 1.12 bits per heavy atom. The normalized spacial score (nSPS) is 15.5. The molecule has 1 saturated heterocycles. The van der Waals surface area contributed by atoms with E-state index in [1.807, 2.05) is 12.4 Å². The fraction of sp³-hybridized carbons (Fsp3) is 0.333. The van der Waals surface area contributed by atoms with Gasteiger partial charge in [-0.05, 0) is 54.8 Å². The number of pyridine rings is 1.